The third-order valence-corrected chi connectivity index (χ3v) is 0.707. The van der Waals surface area contributed by atoms with E-state index >= 15 is 0 Å². The van der Waals surface area contributed by atoms with Crippen LogP contribution in [0.1, 0.15) is 6.42 Å². The number of hydrogen-bond acceptors (Lipinski definition) is 2. The van der Waals surface area contributed by atoms with E-state index in [9.17, 15) is 0 Å². The molecule has 0 radical (unpaired) electrons. The van der Waals surface area contributed by atoms with Gasteiger partial charge in [-0.1, -0.05) is 0 Å². The van der Waals surface area contributed by atoms with Crippen molar-refractivity contribution in [3.05, 3.63) is 0 Å². The second-order valence-electron chi connectivity index (χ2n) is 1.44. The summed E-state index contributed by atoms with van der Waals surface area (Å²) in [5.74, 6) is 0. The van der Waals surface area contributed by atoms with Gasteiger partial charge in [0.2, 0.25) is 0 Å². The van der Waals surface area contributed by atoms with Crippen LogP contribution in [-0.4, -0.2) is 24.3 Å². The Morgan fingerprint density at radius 1 is 1.62 bits per heavy atom. The molecule has 0 aromatic carbocycles. The minimum atomic E-state index is -1.33. The lowest BCUT2D eigenvalue weighted by atomic mass is 10.3. The van der Waals surface area contributed by atoms with Gasteiger partial charge >= 0.3 is 6.09 Å². The standard InChI is InChI=1S/C3H7N.CH3NO2/c1-2-4-3-1;2-1(3)4/h4H,1-3H2;2H2,(H,3,4). The average molecular weight is 118 g/mol. The minimum absolute atomic E-state index is 1.25. The molecule has 1 heterocycles. The first-order valence-electron chi connectivity index (χ1n) is 2.42. The number of rotatable bonds is 0. The summed E-state index contributed by atoms with van der Waals surface area (Å²) >= 11 is 0. The van der Waals surface area contributed by atoms with E-state index in [0.29, 0.717) is 0 Å². The van der Waals surface area contributed by atoms with E-state index in [2.05, 4.69) is 11.1 Å². The minimum Gasteiger partial charge on any atom is -0.465 e. The quantitative estimate of drug-likeness (QED) is 0.405. The maximum absolute atomic E-state index is 8.78. The molecule has 0 aliphatic carbocycles. The molecule has 0 spiro atoms. The molecule has 0 bridgehead atoms. The van der Waals surface area contributed by atoms with Gasteiger partial charge < -0.3 is 16.2 Å². The molecule has 1 amide bonds. The molecule has 1 aliphatic rings. The number of primary amides is 1. The fourth-order valence-corrected chi connectivity index (χ4v) is 0.177. The lowest BCUT2D eigenvalue weighted by Gasteiger charge is -2.09. The normalized spacial score (nSPS) is 15.0. The molecule has 1 fully saturated rings. The van der Waals surface area contributed by atoms with E-state index in [1.807, 2.05) is 0 Å². The van der Waals surface area contributed by atoms with Gasteiger partial charge in [0.1, 0.15) is 0 Å². The van der Waals surface area contributed by atoms with Crippen molar-refractivity contribution in [1.29, 1.82) is 0 Å². The van der Waals surface area contributed by atoms with Crippen molar-refractivity contribution in [1.82, 2.24) is 5.32 Å². The van der Waals surface area contributed by atoms with Gasteiger partial charge in [-0.3, -0.25) is 0 Å². The largest absolute Gasteiger partial charge is 0.465 e. The number of hydrogen-bond donors (Lipinski definition) is 3. The Hall–Kier alpha value is -0.770. The number of amides is 1. The van der Waals surface area contributed by atoms with Gasteiger partial charge in [0.05, 0.1) is 0 Å². The van der Waals surface area contributed by atoms with Gasteiger partial charge in [0, 0.05) is 0 Å². The maximum Gasteiger partial charge on any atom is 0.402 e. The van der Waals surface area contributed by atoms with Crippen LogP contribution in [0.25, 0.3) is 0 Å². The highest BCUT2D eigenvalue weighted by molar-refractivity contribution is 5.61. The molecule has 4 N–H and O–H groups in total. The number of carboxylic acid groups (broad SMARTS) is 1. The summed E-state index contributed by atoms with van der Waals surface area (Å²) in [5.41, 5.74) is 4.03. The van der Waals surface area contributed by atoms with Gasteiger partial charge in [0.25, 0.3) is 0 Å². The molecule has 1 aliphatic heterocycles. The third-order valence-electron chi connectivity index (χ3n) is 0.707. The Balaban J connectivity index is 0.000000122. The van der Waals surface area contributed by atoms with E-state index in [0.717, 1.165) is 0 Å². The molecule has 0 unspecified atom stereocenters. The molecule has 0 atom stereocenters. The van der Waals surface area contributed by atoms with Crippen molar-refractivity contribution in [3.8, 4) is 0 Å². The second kappa shape index (κ2) is 4.39. The van der Waals surface area contributed by atoms with Crippen LogP contribution >= 0.6 is 0 Å². The summed E-state index contributed by atoms with van der Waals surface area (Å²) in [4.78, 5) is 8.78. The van der Waals surface area contributed by atoms with Gasteiger partial charge in [-0.15, -0.1) is 0 Å². The molecule has 0 saturated carbocycles. The maximum atomic E-state index is 8.78. The van der Waals surface area contributed by atoms with Crippen LogP contribution < -0.4 is 11.1 Å². The number of carbonyl (C=O) groups is 1. The highest BCUT2D eigenvalue weighted by atomic mass is 16.4. The van der Waals surface area contributed by atoms with Crippen molar-refractivity contribution in [2.75, 3.05) is 13.1 Å². The van der Waals surface area contributed by atoms with E-state index < -0.39 is 6.09 Å². The Labute approximate surface area is 47.7 Å². The summed E-state index contributed by atoms with van der Waals surface area (Å²) < 4.78 is 0. The molecular formula is C4H10N2O2. The summed E-state index contributed by atoms with van der Waals surface area (Å²) in [6.07, 6.45) is 0.0556. The van der Waals surface area contributed by atoms with Crippen LogP contribution in [0.15, 0.2) is 0 Å². The Morgan fingerprint density at radius 3 is 1.75 bits per heavy atom. The fraction of sp³-hybridized carbons (Fsp3) is 0.750. The van der Waals surface area contributed by atoms with Gasteiger partial charge in [-0.05, 0) is 19.5 Å². The summed E-state index contributed by atoms with van der Waals surface area (Å²) in [6, 6.07) is 0. The topological polar surface area (TPSA) is 75.3 Å². The molecule has 48 valence electrons. The SMILES string of the molecule is C1CNC1.NC(=O)O. The molecule has 8 heavy (non-hydrogen) atoms. The van der Waals surface area contributed by atoms with Gasteiger partial charge in [-0.25, -0.2) is 4.79 Å². The first-order chi connectivity index (χ1) is 3.73. The van der Waals surface area contributed by atoms with E-state index in [4.69, 9.17) is 9.90 Å². The molecule has 1 saturated heterocycles. The fourth-order valence-electron chi connectivity index (χ4n) is 0.177. The van der Waals surface area contributed by atoms with Crippen molar-refractivity contribution in [2.45, 2.75) is 6.42 Å². The van der Waals surface area contributed by atoms with Crippen LogP contribution in [0.2, 0.25) is 0 Å². The van der Waals surface area contributed by atoms with Crippen LogP contribution in [0.3, 0.4) is 0 Å². The van der Waals surface area contributed by atoms with Crippen molar-refractivity contribution in [3.63, 3.8) is 0 Å². The Bertz CT molecular complexity index is 62.4. The zero-order valence-electron chi connectivity index (χ0n) is 4.55. The van der Waals surface area contributed by atoms with Crippen molar-refractivity contribution < 1.29 is 9.90 Å². The van der Waals surface area contributed by atoms with E-state index in [1.54, 1.807) is 0 Å². The number of nitrogens with two attached hydrogens (primary N) is 1. The zero-order chi connectivity index (χ0) is 6.41. The second-order valence-corrected chi connectivity index (χ2v) is 1.44. The monoisotopic (exact) mass is 118 g/mol. The van der Waals surface area contributed by atoms with Gasteiger partial charge in [0.15, 0.2) is 0 Å². The van der Waals surface area contributed by atoms with Crippen molar-refractivity contribution >= 4 is 6.09 Å². The zero-order valence-corrected chi connectivity index (χ0v) is 4.55. The average Bonchev–Trinajstić information content (AvgIpc) is 1.19. The number of nitrogens with one attached hydrogen (secondary N) is 1. The summed E-state index contributed by atoms with van der Waals surface area (Å²) in [6.45, 7) is 2.50. The Kier molecular flexibility index (Phi) is 3.97. The van der Waals surface area contributed by atoms with Crippen LogP contribution in [0.4, 0.5) is 4.79 Å². The van der Waals surface area contributed by atoms with Crippen LogP contribution in [0.5, 0.6) is 0 Å². The van der Waals surface area contributed by atoms with Crippen LogP contribution in [0, 0.1) is 0 Å². The molecule has 0 aromatic heterocycles. The lowest BCUT2D eigenvalue weighted by Crippen LogP contribution is -2.29. The lowest BCUT2D eigenvalue weighted by molar-refractivity contribution is 0.205. The highest BCUT2D eigenvalue weighted by Crippen LogP contribution is 1.80. The van der Waals surface area contributed by atoms with Crippen LogP contribution in [-0.2, 0) is 0 Å². The molecule has 4 heteroatoms. The predicted molar refractivity (Wildman–Crippen MR) is 29.7 cm³/mol. The smallest absolute Gasteiger partial charge is 0.402 e. The molecule has 1 rings (SSSR count). The first-order valence-corrected chi connectivity index (χ1v) is 2.42. The van der Waals surface area contributed by atoms with Gasteiger partial charge in [-0.2, -0.15) is 0 Å². The molecule has 4 nitrogen and oxygen atoms in total. The predicted octanol–water partition coefficient (Wildman–Crippen LogP) is -0.397. The summed E-state index contributed by atoms with van der Waals surface area (Å²) in [5, 5.41) is 10.3. The molecule has 0 aromatic rings. The third kappa shape index (κ3) is 8.97. The van der Waals surface area contributed by atoms with E-state index in [1.165, 1.54) is 19.5 Å². The summed E-state index contributed by atoms with van der Waals surface area (Å²) in [7, 11) is 0. The molecular weight excluding hydrogens is 108 g/mol. The van der Waals surface area contributed by atoms with Crippen molar-refractivity contribution in [2.24, 2.45) is 5.73 Å². The first kappa shape index (κ1) is 7.23. The Morgan fingerprint density at radius 2 is 1.75 bits per heavy atom. The van der Waals surface area contributed by atoms with E-state index in [-0.39, 0.29) is 0 Å². The highest BCUT2D eigenvalue weighted by Gasteiger charge is 1.92.